The van der Waals surface area contributed by atoms with E-state index in [1.165, 1.54) is 6.08 Å². The number of hydrogen-bond acceptors (Lipinski definition) is 4. The zero-order valence-electron chi connectivity index (χ0n) is 13.4. The predicted molar refractivity (Wildman–Crippen MR) is 97.7 cm³/mol. The monoisotopic (exact) mass is 338 g/mol. The molecule has 122 valence electrons. The van der Waals surface area contributed by atoms with Crippen LogP contribution in [-0.2, 0) is 22.7 Å². The summed E-state index contributed by atoms with van der Waals surface area (Å²) in [5, 5.41) is 3.72. The molecule has 0 saturated carbocycles. The number of carbonyl (C=O) groups excluding carboxylic acids is 1. The van der Waals surface area contributed by atoms with Gasteiger partial charge in [0.15, 0.2) is 0 Å². The molecule has 0 unspecified atom stereocenters. The fourth-order valence-electron chi connectivity index (χ4n) is 2.38. The van der Waals surface area contributed by atoms with Gasteiger partial charge in [0.25, 0.3) is 0 Å². The summed E-state index contributed by atoms with van der Waals surface area (Å²) in [4.78, 5) is 16.5. The Morgan fingerprint density at radius 3 is 2.71 bits per heavy atom. The summed E-state index contributed by atoms with van der Waals surface area (Å²) in [7, 11) is 1.66. The maximum atomic E-state index is 12.0. The lowest BCUT2D eigenvalue weighted by Crippen LogP contribution is -2.21. The van der Waals surface area contributed by atoms with E-state index in [1.807, 2.05) is 48.5 Å². The van der Waals surface area contributed by atoms with E-state index in [4.69, 9.17) is 4.74 Å². The third kappa shape index (κ3) is 4.07. The first-order chi connectivity index (χ1) is 11.8. The van der Waals surface area contributed by atoms with Crippen LogP contribution in [0.5, 0.6) is 0 Å². The van der Waals surface area contributed by atoms with Gasteiger partial charge in [0.2, 0.25) is 5.91 Å². The highest BCUT2D eigenvalue weighted by Gasteiger charge is 2.04. The molecule has 0 saturated heterocycles. The molecule has 1 aromatic heterocycles. The fourth-order valence-corrected chi connectivity index (χ4v) is 3.25. The Balaban J connectivity index is 1.61. The number of amides is 1. The van der Waals surface area contributed by atoms with Crippen LogP contribution >= 0.6 is 11.3 Å². The molecular weight excluding hydrogens is 320 g/mol. The van der Waals surface area contributed by atoms with Crippen molar-refractivity contribution in [3.63, 3.8) is 0 Å². The van der Waals surface area contributed by atoms with Gasteiger partial charge < -0.3 is 10.1 Å². The SMILES string of the molecule is COCc1ccccc1CNC(=O)/C=C/c1nc2ccccc2s1. The van der Waals surface area contributed by atoms with Gasteiger partial charge in [0.05, 0.1) is 16.8 Å². The molecule has 5 heteroatoms. The molecule has 0 aliphatic carbocycles. The van der Waals surface area contributed by atoms with E-state index < -0.39 is 0 Å². The van der Waals surface area contributed by atoms with E-state index in [0.717, 1.165) is 26.4 Å². The van der Waals surface area contributed by atoms with Gasteiger partial charge in [-0.05, 0) is 29.3 Å². The van der Waals surface area contributed by atoms with Crippen LogP contribution in [-0.4, -0.2) is 18.0 Å². The summed E-state index contributed by atoms with van der Waals surface area (Å²) in [5.74, 6) is -0.138. The Kier molecular flexibility index (Phi) is 5.36. The van der Waals surface area contributed by atoms with Gasteiger partial charge in [-0.1, -0.05) is 36.4 Å². The lowest BCUT2D eigenvalue weighted by atomic mass is 10.1. The first-order valence-electron chi connectivity index (χ1n) is 7.63. The van der Waals surface area contributed by atoms with Crippen LogP contribution in [0.4, 0.5) is 0 Å². The third-order valence-electron chi connectivity index (χ3n) is 3.56. The first-order valence-corrected chi connectivity index (χ1v) is 8.45. The molecule has 0 bridgehead atoms. The van der Waals surface area contributed by atoms with Crippen molar-refractivity contribution in [2.24, 2.45) is 0 Å². The van der Waals surface area contributed by atoms with Crippen molar-refractivity contribution in [3.8, 4) is 0 Å². The van der Waals surface area contributed by atoms with E-state index in [1.54, 1.807) is 24.5 Å². The van der Waals surface area contributed by atoms with Gasteiger partial charge >= 0.3 is 0 Å². The van der Waals surface area contributed by atoms with Crippen molar-refractivity contribution >= 4 is 33.5 Å². The van der Waals surface area contributed by atoms with Crippen LogP contribution in [0.2, 0.25) is 0 Å². The maximum Gasteiger partial charge on any atom is 0.244 e. The minimum atomic E-state index is -0.138. The van der Waals surface area contributed by atoms with Gasteiger partial charge in [-0.2, -0.15) is 0 Å². The number of nitrogens with zero attached hydrogens (tertiary/aromatic N) is 1. The molecule has 1 heterocycles. The topological polar surface area (TPSA) is 51.2 Å². The number of hydrogen-bond donors (Lipinski definition) is 1. The van der Waals surface area contributed by atoms with E-state index in [0.29, 0.717) is 13.2 Å². The van der Waals surface area contributed by atoms with Crippen molar-refractivity contribution in [1.29, 1.82) is 0 Å². The summed E-state index contributed by atoms with van der Waals surface area (Å²) in [6.45, 7) is 1.01. The molecule has 24 heavy (non-hydrogen) atoms. The largest absolute Gasteiger partial charge is 0.380 e. The average Bonchev–Trinajstić information content (AvgIpc) is 3.02. The molecule has 0 fully saturated rings. The van der Waals surface area contributed by atoms with Crippen molar-refractivity contribution in [3.05, 3.63) is 70.7 Å². The lowest BCUT2D eigenvalue weighted by molar-refractivity contribution is -0.116. The number of aromatic nitrogens is 1. The minimum absolute atomic E-state index is 0.138. The predicted octanol–water partition coefficient (Wildman–Crippen LogP) is 3.77. The highest BCUT2D eigenvalue weighted by Crippen LogP contribution is 2.22. The second-order valence-electron chi connectivity index (χ2n) is 5.27. The van der Waals surface area contributed by atoms with Gasteiger partial charge in [-0.15, -0.1) is 11.3 Å². The molecule has 0 atom stereocenters. The summed E-state index contributed by atoms with van der Waals surface area (Å²) in [6, 6.07) is 15.9. The quantitative estimate of drug-likeness (QED) is 0.696. The highest BCUT2D eigenvalue weighted by atomic mass is 32.1. The lowest BCUT2D eigenvalue weighted by Gasteiger charge is -2.08. The van der Waals surface area contributed by atoms with Crippen LogP contribution in [0.1, 0.15) is 16.1 Å². The van der Waals surface area contributed by atoms with Crippen LogP contribution in [0.3, 0.4) is 0 Å². The molecular formula is C19H18N2O2S. The van der Waals surface area contributed by atoms with Crippen molar-refractivity contribution in [1.82, 2.24) is 10.3 Å². The zero-order valence-corrected chi connectivity index (χ0v) is 14.2. The van der Waals surface area contributed by atoms with Crippen LogP contribution in [0, 0.1) is 0 Å². The summed E-state index contributed by atoms with van der Waals surface area (Å²) < 4.78 is 6.29. The number of ether oxygens (including phenoxy) is 1. The number of thiazole rings is 1. The van der Waals surface area contributed by atoms with E-state index in [9.17, 15) is 4.79 Å². The summed E-state index contributed by atoms with van der Waals surface area (Å²) in [6.07, 6.45) is 3.28. The number of benzene rings is 2. The summed E-state index contributed by atoms with van der Waals surface area (Å²) >= 11 is 1.57. The smallest absolute Gasteiger partial charge is 0.244 e. The molecule has 3 aromatic rings. The number of rotatable bonds is 6. The number of methoxy groups -OCH3 is 1. The average molecular weight is 338 g/mol. The summed E-state index contributed by atoms with van der Waals surface area (Å²) in [5.41, 5.74) is 3.09. The number of fused-ring (bicyclic) bond motifs is 1. The third-order valence-corrected chi connectivity index (χ3v) is 4.56. The molecule has 0 radical (unpaired) electrons. The Morgan fingerprint density at radius 2 is 1.92 bits per heavy atom. The molecule has 3 rings (SSSR count). The molecule has 0 aliphatic rings. The van der Waals surface area contributed by atoms with Crippen LogP contribution in [0.25, 0.3) is 16.3 Å². The Hall–Kier alpha value is -2.50. The molecule has 4 nitrogen and oxygen atoms in total. The van der Waals surface area contributed by atoms with E-state index in [2.05, 4.69) is 10.3 Å². The number of carbonyl (C=O) groups is 1. The fraction of sp³-hybridized carbons (Fsp3) is 0.158. The second-order valence-corrected chi connectivity index (χ2v) is 6.33. The second kappa shape index (κ2) is 7.86. The highest BCUT2D eigenvalue weighted by molar-refractivity contribution is 7.19. The molecule has 2 aromatic carbocycles. The Morgan fingerprint density at radius 1 is 1.17 bits per heavy atom. The normalized spacial score (nSPS) is 11.2. The molecule has 1 amide bonds. The maximum absolute atomic E-state index is 12.0. The Bertz CT molecular complexity index is 837. The number of para-hydroxylation sites is 1. The van der Waals surface area contributed by atoms with Crippen LogP contribution < -0.4 is 5.32 Å². The van der Waals surface area contributed by atoms with Crippen molar-refractivity contribution < 1.29 is 9.53 Å². The molecule has 0 aliphatic heterocycles. The minimum Gasteiger partial charge on any atom is -0.380 e. The van der Waals surface area contributed by atoms with Gasteiger partial charge in [-0.25, -0.2) is 4.98 Å². The molecule has 1 N–H and O–H groups in total. The van der Waals surface area contributed by atoms with Crippen molar-refractivity contribution in [2.75, 3.05) is 7.11 Å². The van der Waals surface area contributed by atoms with Crippen LogP contribution in [0.15, 0.2) is 54.6 Å². The first kappa shape index (κ1) is 16.4. The van der Waals surface area contributed by atoms with Gasteiger partial charge in [0.1, 0.15) is 5.01 Å². The number of nitrogens with one attached hydrogen (secondary N) is 1. The molecule has 0 spiro atoms. The van der Waals surface area contributed by atoms with Gasteiger partial charge in [-0.3, -0.25) is 4.79 Å². The Labute approximate surface area is 144 Å². The van der Waals surface area contributed by atoms with Crippen molar-refractivity contribution in [2.45, 2.75) is 13.2 Å². The standard InChI is InChI=1S/C19H18N2O2S/c1-23-13-15-7-3-2-6-14(15)12-20-18(22)10-11-19-21-16-8-4-5-9-17(16)24-19/h2-11H,12-13H2,1H3,(H,20,22)/b11-10+. The van der Waals surface area contributed by atoms with E-state index in [-0.39, 0.29) is 5.91 Å². The van der Waals surface area contributed by atoms with Gasteiger partial charge in [0, 0.05) is 19.7 Å². The van der Waals surface area contributed by atoms with E-state index >= 15 is 0 Å². The zero-order chi connectivity index (χ0) is 16.8.